The predicted octanol–water partition coefficient (Wildman–Crippen LogP) is 6.36. The van der Waals surface area contributed by atoms with Crippen molar-refractivity contribution in [2.75, 3.05) is 11.9 Å². The van der Waals surface area contributed by atoms with Gasteiger partial charge in [-0.3, -0.25) is 0 Å². The van der Waals surface area contributed by atoms with Crippen molar-refractivity contribution in [1.82, 2.24) is 19.4 Å². The first-order valence-electron chi connectivity index (χ1n) is 11.8. The zero-order valence-corrected chi connectivity index (χ0v) is 19.5. The minimum atomic E-state index is -0.246. The number of benzene rings is 3. The van der Waals surface area contributed by atoms with E-state index >= 15 is 0 Å². The lowest BCUT2D eigenvalue weighted by atomic mass is 9.76. The molecule has 5 nitrogen and oxygen atoms in total. The number of imidazole rings is 1. The van der Waals surface area contributed by atoms with Crippen LogP contribution < -0.4 is 5.32 Å². The summed E-state index contributed by atoms with van der Waals surface area (Å²) in [6.07, 6.45) is 5.75. The first kappa shape index (κ1) is 21.1. The van der Waals surface area contributed by atoms with E-state index in [1.54, 1.807) is 6.20 Å². The van der Waals surface area contributed by atoms with Gasteiger partial charge in [-0.1, -0.05) is 72.8 Å². The number of hydrogen-bond acceptors (Lipinski definition) is 4. The van der Waals surface area contributed by atoms with Crippen LogP contribution in [-0.2, 0) is 5.41 Å². The van der Waals surface area contributed by atoms with Crippen molar-refractivity contribution < 1.29 is 0 Å². The van der Waals surface area contributed by atoms with Gasteiger partial charge in [-0.2, -0.15) is 0 Å². The van der Waals surface area contributed by atoms with Crippen molar-refractivity contribution in [2.24, 2.45) is 0 Å². The number of nitrogens with zero attached hydrogens (tertiary/aromatic N) is 4. The SMILES string of the molecule is CC(CNc1nc(-c2ccc3nccn3c2)nc2ccccc12)(c1ccccc1)c1ccccc1. The molecule has 0 fully saturated rings. The normalized spacial score (nSPS) is 11.7. The minimum absolute atomic E-state index is 0.246. The summed E-state index contributed by atoms with van der Waals surface area (Å²) in [5.74, 6) is 1.51. The summed E-state index contributed by atoms with van der Waals surface area (Å²) < 4.78 is 1.99. The number of hydrogen-bond donors (Lipinski definition) is 1. The summed E-state index contributed by atoms with van der Waals surface area (Å²) in [6, 6.07) is 33.4. The Balaban J connectivity index is 1.43. The van der Waals surface area contributed by atoms with Crippen LogP contribution in [0.1, 0.15) is 18.1 Å². The highest BCUT2D eigenvalue weighted by molar-refractivity contribution is 5.90. The van der Waals surface area contributed by atoms with Crippen LogP contribution in [0.15, 0.2) is 116 Å². The molecule has 0 aliphatic carbocycles. The van der Waals surface area contributed by atoms with Gasteiger partial charge < -0.3 is 9.72 Å². The van der Waals surface area contributed by atoms with Crippen molar-refractivity contribution in [1.29, 1.82) is 0 Å². The summed E-state index contributed by atoms with van der Waals surface area (Å²) in [5.41, 5.74) is 5.01. The average Bonchev–Trinajstić information content (AvgIpc) is 3.40. The van der Waals surface area contributed by atoms with Gasteiger partial charge in [0.05, 0.1) is 5.52 Å². The Morgan fingerprint density at radius 1 is 0.771 bits per heavy atom. The number of nitrogens with one attached hydrogen (secondary N) is 1. The van der Waals surface area contributed by atoms with Gasteiger partial charge in [0.2, 0.25) is 0 Å². The quantitative estimate of drug-likeness (QED) is 0.317. The standard InChI is InChI=1S/C30H25N5/c1-30(23-10-4-2-5-11-23,24-12-6-3-7-13-24)21-32-29-25-14-8-9-15-26(25)33-28(34-29)22-16-17-27-31-18-19-35(27)20-22/h2-20H,21H2,1H3,(H,32,33,34). The monoisotopic (exact) mass is 455 g/mol. The summed E-state index contributed by atoms with van der Waals surface area (Å²) >= 11 is 0. The number of para-hydroxylation sites is 1. The molecule has 3 aromatic carbocycles. The van der Waals surface area contributed by atoms with Gasteiger partial charge in [0.15, 0.2) is 5.82 Å². The molecule has 0 atom stereocenters. The molecule has 0 saturated heterocycles. The second-order valence-electron chi connectivity index (χ2n) is 8.94. The molecule has 6 aromatic rings. The highest BCUT2D eigenvalue weighted by atomic mass is 15.0. The fourth-order valence-corrected chi connectivity index (χ4v) is 4.64. The molecule has 5 heteroatoms. The van der Waals surface area contributed by atoms with Crippen molar-refractivity contribution in [3.8, 4) is 11.4 Å². The molecule has 1 N–H and O–H groups in total. The van der Waals surface area contributed by atoms with Crippen molar-refractivity contribution in [3.05, 3.63) is 127 Å². The Bertz CT molecular complexity index is 1570. The molecule has 0 aliphatic rings. The third-order valence-electron chi connectivity index (χ3n) is 6.68. The molecule has 35 heavy (non-hydrogen) atoms. The van der Waals surface area contributed by atoms with Gasteiger partial charge >= 0.3 is 0 Å². The van der Waals surface area contributed by atoms with E-state index in [1.807, 2.05) is 47.1 Å². The zero-order valence-electron chi connectivity index (χ0n) is 19.5. The highest BCUT2D eigenvalue weighted by Crippen LogP contribution is 2.33. The second kappa shape index (κ2) is 8.69. The van der Waals surface area contributed by atoms with Gasteiger partial charge in [0.25, 0.3) is 0 Å². The summed E-state index contributed by atoms with van der Waals surface area (Å²) in [6.45, 7) is 2.96. The van der Waals surface area contributed by atoms with E-state index in [-0.39, 0.29) is 5.41 Å². The summed E-state index contributed by atoms with van der Waals surface area (Å²) in [4.78, 5) is 14.2. The van der Waals surface area contributed by atoms with E-state index in [1.165, 1.54) is 11.1 Å². The van der Waals surface area contributed by atoms with Crippen molar-refractivity contribution in [3.63, 3.8) is 0 Å². The van der Waals surface area contributed by atoms with E-state index in [4.69, 9.17) is 9.97 Å². The molecule has 3 heterocycles. The third-order valence-corrected chi connectivity index (χ3v) is 6.68. The Morgan fingerprint density at radius 3 is 2.20 bits per heavy atom. The lowest BCUT2D eigenvalue weighted by molar-refractivity contribution is 0.603. The van der Waals surface area contributed by atoms with Gasteiger partial charge in [0.1, 0.15) is 11.5 Å². The van der Waals surface area contributed by atoms with Crippen LogP contribution in [0.5, 0.6) is 0 Å². The van der Waals surface area contributed by atoms with E-state index in [0.717, 1.165) is 27.9 Å². The van der Waals surface area contributed by atoms with E-state index < -0.39 is 0 Å². The van der Waals surface area contributed by atoms with Crippen LogP contribution in [0.3, 0.4) is 0 Å². The van der Waals surface area contributed by atoms with Crippen LogP contribution in [0.2, 0.25) is 0 Å². The topological polar surface area (TPSA) is 55.1 Å². The van der Waals surface area contributed by atoms with Gasteiger partial charge in [-0.25, -0.2) is 15.0 Å². The Labute approximate surface area is 204 Å². The maximum Gasteiger partial charge on any atom is 0.163 e. The van der Waals surface area contributed by atoms with Crippen LogP contribution >= 0.6 is 0 Å². The molecular formula is C30H25N5. The maximum atomic E-state index is 5.00. The molecule has 170 valence electrons. The maximum absolute atomic E-state index is 5.00. The largest absolute Gasteiger partial charge is 0.368 e. The summed E-state index contributed by atoms with van der Waals surface area (Å²) in [5, 5.41) is 4.70. The molecule has 0 saturated carbocycles. The van der Waals surface area contributed by atoms with E-state index in [0.29, 0.717) is 12.4 Å². The average molecular weight is 456 g/mol. The second-order valence-corrected chi connectivity index (χ2v) is 8.94. The number of aromatic nitrogens is 4. The van der Waals surface area contributed by atoms with Crippen LogP contribution in [0.25, 0.3) is 27.9 Å². The van der Waals surface area contributed by atoms with Gasteiger partial charge in [-0.05, 0) is 42.3 Å². The minimum Gasteiger partial charge on any atom is -0.368 e. The van der Waals surface area contributed by atoms with E-state index in [2.05, 4.69) is 84.0 Å². The Hall–Kier alpha value is -4.51. The molecule has 0 unspecified atom stereocenters. The van der Waals surface area contributed by atoms with Crippen LogP contribution in [-0.4, -0.2) is 25.9 Å². The molecule has 0 amide bonds. The Kier molecular flexibility index (Phi) is 5.23. The molecule has 0 radical (unpaired) electrons. The molecule has 3 aromatic heterocycles. The number of rotatable bonds is 6. The zero-order chi connectivity index (χ0) is 23.7. The first-order valence-corrected chi connectivity index (χ1v) is 11.8. The van der Waals surface area contributed by atoms with Crippen molar-refractivity contribution >= 4 is 22.4 Å². The number of pyridine rings is 1. The third kappa shape index (κ3) is 3.91. The smallest absolute Gasteiger partial charge is 0.163 e. The van der Waals surface area contributed by atoms with Crippen LogP contribution in [0, 0.1) is 0 Å². The molecule has 0 bridgehead atoms. The fourth-order valence-electron chi connectivity index (χ4n) is 4.64. The van der Waals surface area contributed by atoms with Crippen LogP contribution in [0.4, 0.5) is 5.82 Å². The predicted molar refractivity (Wildman–Crippen MR) is 142 cm³/mol. The van der Waals surface area contributed by atoms with Gasteiger partial charge in [0, 0.05) is 41.5 Å². The van der Waals surface area contributed by atoms with Gasteiger partial charge in [-0.15, -0.1) is 0 Å². The highest BCUT2D eigenvalue weighted by Gasteiger charge is 2.29. The number of anilines is 1. The molecule has 6 rings (SSSR count). The first-order chi connectivity index (χ1) is 17.2. The fraction of sp³-hybridized carbons (Fsp3) is 0.100. The number of fused-ring (bicyclic) bond motifs is 2. The van der Waals surface area contributed by atoms with E-state index in [9.17, 15) is 0 Å². The molecule has 0 aliphatic heterocycles. The summed E-state index contributed by atoms with van der Waals surface area (Å²) in [7, 11) is 0. The lowest BCUT2D eigenvalue weighted by Crippen LogP contribution is -2.32. The molecular weight excluding hydrogens is 430 g/mol. The lowest BCUT2D eigenvalue weighted by Gasteiger charge is -2.31. The molecule has 0 spiro atoms. The van der Waals surface area contributed by atoms with Crippen molar-refractivity contribution in [2.45, 2.75) is 12.3 Å². The Morgan fingerprint density at radius 2 is 1.46 bits per heavy atom.